The molecule has 1 aromatic rings. The summed E-state index contributed by atoms with van der Waals surface area (Å²) in [5, 5.41) is 11.6. The lowest BCUT2D eigenvalue weighted by Crippen LogP contribution is -2.03. The molecule has 0 amide bonds. The second-order valence-electron chi connectivity index (χ2n) is 6.74. The van der Waals surface area contributed by atoms with Crippen LogP contribution >= 0.6 is 0 Å². The Morgan fingerprint density at radius 3 is 2.78 bits per heavy atom. The number of nitrogens with one attached hydrogen (secondary N) is 1. The molecule has 0 aliphatic carbocycles. The van der Waals surface area contributed by atoms with Crippen LogP contribution in [-0.2, 0) is 6.42 Å². The van der Waals surface area contributed by atoms with E-state index in [1.54, 1.807) is 18.2 Å². The van der Waals surface area contributed by atoms with E-state index >= 15 is 0 Å². The van der Waals surface area contributed by atoms with Gasteiger partial charge in [-0.3, -0.25) is 0 Å². The summed E-state index contributed by atoms with van der Waals surface area (Å²) in [5.74, 6) is 1.05. The Balaban J connectivity index is 2.35. The fourth-order valence-corrected chi connectivity index (χ4v) is 2.98. The highest BCUT2D eigenvalue weighted by atomic mass is 19.1. The Morgan fingerprint density at radius 2 is 2.11 bits per heavy atom. The molecule has 1 rings (SSSR count). The van der Waals surface area contributed by atoms with Crippen molar-refractivity contribution < 1.29 is 8.91 Å². The molecule has 0 saturated carbocycles. The van der Waals surface area contributed by atoms with Crippen molar-refractivity contribution >= 4 is 11.8 Å². The van der Waals surface area contributed by atoms with Gasteiger partial charge in [-0.1, -0.05) is 56.8 Å². The van der Waals surface area contributed by atoms with Crippen LogP contribution in [-0.4, -0.2) is 17.9 Å². The van der Waals surface area contributed by atoms with Crippen LogP contribution in [0.15, 0.2) is 40.7 Å². The maximum absolute atomic E-state index is 13.2. The molecule has 5 heteroatoms. The van der Waals surface area contributed by atoms with Crippen molar-refractivity contribution in [3.05, 3.63) is 47.7 Å². The number of rotatable bonds is 14. The molecule has 4 nitrogen and oxygen atoms in total. The first-order valence-corrected chi connectivity index (χ1v) is 10.0. The molecular formula is C22H34FN3O. The van der Waals surface area contributed by atoms with Crippen molar-refractivity contribution in [2.75, 3.05) is 6.54 Å². The van der Waals surface area contributed by atoms with E-state index in [2.05, 4.69) is 12.1 Å². The predicted octanol–water partition coefficient (Wildman–Crippen LogP) is 6.01. The monoisotopic (exact) mass is 375 g/mol. The second-order valence-corrected chi connectivity index (χ2v) is 6.74. The van der Waals surface area contributed by atoms with E-state index in [0.717, 1.165) is 50.6 Å². The van der Waals surface area contributed by atoms with Gasteiger partial charge in [0, 0.05) is 24.4 Å². The van der Waals surface area contributed by atoms with E-state index in [0.29, 0.717) is 23.8 Å². The first-order chi connectivity index (χ1) is 13.1. The van der Waals surface area contributed by atoms with Crippen molar-refractivity contribution in [2.45, 2.75) is 65.2 Å². The SMILES string of the molecule is CC/C=C(F)\C=C/CCCCCC(CC)Cc1cc(C(C=N)=CCN)on1. The van der Waals surface area contributed by atoms with E-state index in [4.69, 9.17) is 15.7 Å². The first kappa shape index (κ1) is 23.0. The van der Waals surface area contributed by atoms with Gasteiger partial charge < -0.3 is 15.7 Å². The number of nitrogens with zero attached hydrogens (tertiary/aromatic N) is 1. The van der Waals surface area contributed by atoms with Crippen LogP contribution in [0.4, 0.5) is 4.39 Å². The van der Waals surface area contributed by atoms with Crippen LogP contribution in [0.25, 0.3) is 5.57 Å². The van der Waals surface area contributed by atoms with Gasteiger partial charge in [0.1, 0.15) is 5.83 Å². The van der Waals surface area contributed by atoms with Crippen LogP contribution in [0, 0.1) is 11.3 Å². The average Bonchev–Trinajstić information content (AvgIpc) is 3.12. The summed E-state index contributed by atoms with van der Waals surface area (Å²) in [4.78, 5) is 0. The van der Waals surface area contributed by atoms with Gasteiger partial charge in [0.15, 0.2) is 5.76 Å². The molecule has 0 bridgehead atoms. The summed E-state index contributed by atoms with van der Waals surface area (Å²) in [7, 11) is 0. The van der Waals surface area contributed by atoms with Crippen molar-refractivity contribution in [3.63, 3.8) is 0 Å². The molecule has 1 atom stereocenters. The first-order valence-electron chi connectivity index (χ1n) is 10.0. The van der Waals surface area contributed by atoms with Gasteiger partial charge in [-0.15, -0.1) is 0 Å². The van der Waals surface area contributed by atoms with Gasteiger partial charge >= 0.3 is 0 Å². The highest BCUT2D eigenvalue weighted by molar-refractivity contribution is 6.07. The van der Waals surface area contributed by atoms with Gasteiger partial charge in [-0.05, 0) is 43.8 Å². The Bertz CT molecular complexity index is 631. The van der Waals surface area contributed by atoms with E-state index in [1.165, 1.54) is 12.6 Å². The molecule has 0 aromatic carbocycles. The van der Waals surface area contributed by atoms with E-state index < -0.39 is 0 Å². The maximum Gasteiger partial charge on any atom is 0.168 e. The molecule has 0 aliphatic heterocycles. The topological polar surface area (TPSA) is 75.9 Å². The van der Waals surface area contributed by atoms with Gasteiger partial charge in [-0.2, -0.15) is 0 Å². The minimum absolute atomic E-state index is 0.136. The van der Waals surface area contributed by atoms with Crippen molar-refractivity contribution in [1.29, 1.82) is 5.41 Å². The molecule has 0 fully saturated rings. The lowest BCUT2D eigenvalue weighted by Gasteiger charge is -2.12. The Kier molecular flexibility index (Phi) is 12.0. The summed E-state index contributed by atoms with van der Waals surface area (Å²) in [6, 6.07) is 1.92. The van der Waals surface area contributed by atoms with E-state index in [9.17, 15) is 4.39 Å². The predicted molar refractivity (Wildman–Crippen MR) is 112 cm³/mol. The highest BCUT2D eigenvalue weighted by Gasteiger charge is 2.13. The third kappa shape index (κ3) is 9.48. The lowest BCUT2D eigenvalue weighted by atomic mass is 9.93. The molecule has 1 heterocycles. The van der Waals surface area contributed by atoms with Crippen LogP contribution in [0.3, 0.4) is 0 Å². The van der Waals surface area contributed by atoms with E-state index in [1.807, 2.05) is 19.1 Å². The molecule has 0 radical (unpaired) electrons. The van der Waals surface area contributed by atoms with Gasteiger partial charge in [0.25, 0.3) is 0 Å². The van der Waals surface area contributed by atoms with Gasteiger partial charge in [0.05, 0.1) is 5.69 Å². The maximum atomic E-state index is 13.2. The minimum atomic E-state index is -0.136. The summed E-state index contributed by atoms with van der Waals surface area (Å²) in [5.41, 5.74) is 7.11. The quantitative estimate of drug-likeness (QED) is 0.238. The minimum Gasteiger partial charge on any atom is -0.356 e. The normalized spacial score (nSPS) is 14.1. The number of aromatic nitrogens is 1. The standard InChI is InChI=1S/C22H34FN3O/c1-3-10-20(23)12-9-7-5-6-8-11-18(4-2)15-21-16-22(27-26-21)19(17-25)13-14-24/h9-10,12-13,16-18,25H,3-8,11,14-15,24H2,1-2H3/b12-9-,19-13?,20-10+,25-17?. The number of halogens is 1. The van der Waals surface area contributed by atoms with E-state index in [-0.39, 0.29) is 5.83 Å². The molecule has 0 spiro atoms. The number of unbranched alkanes of at least 4 members (excludes halogenated alkanes) is 3. The third-order valence-electron chi connectivity index (χ3n) is 4.57. The van der Waals surface area contributed by atoms with Crippen LogP contribution in [0.5, 0.6) is 0 Å². The molecule has 3 N–H and O–H groups in total. The molecule has 0 aliphatic rings. The lowest BCUT2D eigenvalue weighted by molar-refractivity contribution is 0.385. The Hall–Kier alpha value is -2.01. The smallest absolute Gasteiger partial charge is 0.168 e. The number of nitrogens with two attached hydrogens (primary N) is 1. The Labute approximate surface area is 162 Å². The zero-order chi connectivity index (χ0) is 19.9. The number of hydrogen-bond donors (Lipinski definition) is 2. The van der Waals surface area contributed by atoms with Crippen molar-refractivity contribution in [2.24, 2.45) is 11.7 Å². The fourth-order valence-electron chi connectivity index (χ4n) is 2.98. The molecule has 1 aromatic heterocycles. The summed E-state index contributed by atoms with van der Waals surface area (Å²) in [6.07, 6.45) is 16.3. The van der Waals surface area contributed by atoms with Crippen LogP contribution in [0.1, 0.15) is 70.2 Å². The average molecular weight is 376 g/mol. The number of allylic oxidation sites excluding steroid dienone is 5. The second kappa shape index (κ2) is 14.1. The fraction of sp³-hybridized carbons (Fsp3) is 0.545. The molecule has 150 valence electrons. The zero-order valence-corrected chi connectivity index (χ0v) is 16.7. The number of hydrogen-bond acceptors (Lipinski definition) is 4. The zero-order valence-electron chi connectivity index (χ0n) is 16.7. The van der Waals surface area contributed by atoms with Gasteiger partial charge in [-0.25, -0.2) is 4.39 Å². The van der Waals surface area contributed by atoms with Crippen LogP contribution < -0.4 is 5.73 Å². The Morgan fingerprint density at radius 1 is 1.30 bits per heavy atom. The summed E-state index contributed by atoms with van der Waals surface area (Å²) in [6.45, 7) is 4.50. The molecule has 0 saturated heterocycles. The summed E-state index contributed by atoms with van der Waals surface area (Å²) >= 11 is 0. The van der Waals surface area contributed by atoms with Crippen molar-refractivity contribution in [1.82, 2.24) is 5.16 Å². The molecular weight excluding hydrogens is 341 g/mol. The molecule has 27 heavy (non-hydrogen) atoms. The molecule has 1 unspecified atom stereocenters. The third-order valence-corrected chi connectivity index (χ3v) is 4.57. The highest BCUT2D eigenvalue weighted by Crippen LogP contribution is 2.21. The van der Waals surface area contributed by atoms with Crippen LogP contribution in [0.2, 0.25) is 0 Å². The van der Waals surface area contributed by atoms with Crippen molar-refractivity contribution in [3.8, 4) is 0 Å². The largest absolute Gasteiger partial charge is 0.356 e. The summed E-state index contributed by atoms with van der Waals surface area (Å²) < 4.78 is 18.5. The van der Waals surface area contributed by atoms with Gasteiger partial charge in [0.2, 0.25) is 0 Å².